The number of hydrogen-bond donors (Lipinski definition) is 1. The zero-order chi connectivity index (χ0) is 15.9. The van der Waals surface area contributed by atoms with Crippen molar-refractivity contribution in [3.63, 3.8) is 0 Å². The van der Waals surface area contributed by atoms with E-state index in [0.717, 1.165) is 0 Å². The van der Waals surface area contributed by atoms with Gasteiger partial charge in [-0.3, -0.25) is 4.79 Å². The van der Waals surface area contributed by atoms with E-state index in [1.165, 1.54) is 12.3 Å². The van der Waals surface area contributed by atoms with Gasteiger partial charge in [0.25, 0.3) is 0 Å². The number of aromatic nitrogens is 2. The molecule has 0 unspecified atom stereocenters. The number of carboxylic acid groups (broad SMARTS) is 1. The average molecular weight is 380 g/mol. The summed E-state index contributed by atoms with van der Waals surface area (Å²) in [6.07, 6.45) is 2.88. The van der Waals surface area contributed by atoms with Gasteiger partial charge in [0, 0.05) is 16.6 Å². The van der Waals surface area contributed by atoms with Crippen LogP contribution in [0, 0.1) is 0 Å². The monoisotopic (exact) mass is 378 g/mol. The van der Waals surface area contributed by atoms with Crippen LogP contribution in [0.25, 0.3) is 16.6 Å². The van der Waals surface area contributed by atoms with E-state index in [1.54, 1.807) is 35.0 Å². The number of fused-ring (bicyclic) bond motifs is 1. The van der Waals surface area contributed by atoms with E-state index < -0.39 is 11.4 Å². The predicted octanol–water partition coefficient (Wildman–Crippen LogP) is 3.50. The van der Waals surface area contributed by atoms with E-state index in [0.29, 0.717) is 20.8 Å². The van der Waals surface area contributed by atoms with Gasteiger partial charge in [-0.25, -0.2) is 9.78 Å². The van der Waals surface area contributed by atoms with Gasteiger partial charge in [-0.05, 0) is 46.3 Å². The van der Waals surface area contributed by atoms with Crippen molar-refractivity contribution < 1.29 is 9.90 Å². The van der Waals surface area contributed by atoms with Crippen molar-refractivity contribution in [3.05, 3.63) is 68.1 Å². The Morgan fingerprint density at radius 1 is 1.27 bits per heavy atom. The number of carboxylic acids is 1. The molecule has 0 aliphatic carbocycles. The van der Waals surface area contributed by atoms with E-state index in [9.17, 15) is 14.7 Å². The zero-order valence-electron chi connectivity index (χ0n) is 11.0. The lowest BCUT2D eigenvalue weighted by molar-refractivity contribution is 0.0695. The largest absolute Gasteiger partial charge is 0.477 e. The second-order valence-electron chi connectivity index (χ2n) is 4.55. The van der Waals surface area contributed by atoms with Gasteiger partial charge in [-0.15, -0.1) is 0 Å². The van der Waals surface area contributed by atoms with Crippen LogP contribution in [-0.4, -0.2) is 20.6 Å². The highest BCUT2D eigenvalue weighted by Gasteiger charge is 2.15. The summed E-state index contributed by atoms with van der Waals surface area (Å²) in [5.74, 6) is -1.29. The van der Waals surface area contributed by atoms with E-state index in [1.807, 2.05) is 0 Å². The summed E-state index contributed by atoms with van der Waals surface area (Å²) in [6.45, 7) is 0. The van der Waals surface area contributed by atoms with Crippen LogP contribution < -0.4 is 5.43 Å². The Kier molecular flexibility index (Phi) is 3.72. The molecule has 0 aliphatic rings. The van der Waals surface area contributed by atoms with Gasteiger partial charge in [-0.2, -0.15) is 0 Å². The molecule has 0 spiro atoms. The van der Waals surface area contributed by atoms with Crippen molar-refractivity contribution in [1.82, 2.24) is 9.55 Å². The van der Waals surface area contributed by atoms with Gasteiger partial charge < -0.3 is 9.67 Å². The molecule has 0 radical (unpaired) electrons. The number of carbonyl (C=O) groups is 1. The summed E-state index contributed by atoms with van der Waals surface area (Å²) >= 11 is 9.17. The van der Waals surface area contributed by atoms with Gasteiger partial charge in [-0.1, -0.05) is 11.6 Å². The topological polar surface area (TPSA) is 72.2 Å². The van der Waals surface area contributed by atoms with Crippen molar-refractivity contribution in [1.29, 1.82) is 0 Å². The first-order valence-corrected chi connectivity index (χ1v) is 7.34. The number of benzene rings is 1. The van der Waals surface area contributed by atoms with E-state index >= 15 is 0 Å². The maximum atomic E-state index is 12.3. The molecule has 0 amide bonds. The molecule has 0 saturated heterocycles. The molecule has 0 saturated carbocycles. The summed E-state index contributed by atoms with van der Waals surface area (Å²) in [4.78, 5) is 27.7. The first-order valence-electron chi connectivity index (χ1n) is 6.17. The van der Waals surface area contributed by atoms with Gasteiger partial charge in [0.05, 0.1) is 17.4 Å². The normalized spacial score (nSPS) is 10.8. The lowest BCUT2D eigenvalue weighted by atomic mass is 10.1. The lowest BCUT2D eigenvalue weighted by Gasteiger charge is -2.12. The third kappa shape index (κ3) is 2.51. The first-order chi connectivity index (χ1) is 10.5. The highest BCUT2D eigenvalue weighted by atomic mass is 79.9. The van der Waals surface area contributed by atoms with Crippen molar-refractivity contribution in [3.8, 4) is 5.69 Å². The number of rotatable bonds is 2. The Bertz CT molecular complexity index is 951. The molecule has 5 nitrogen and oxygen atoms in total. The smallest absolute Gasteiger partial charge is 0.341 e. The van der Waals surface area contributed by atoms with Crippen molar-refractivity contribution in [2.75, 3.05) is 0 Å². The number of hydrogen-bond acceptors (Lipinski definition) is 3. The second kappa shape index (κ2) is 5.55. The lowest BCUT2D eigenvalue weighted by Crippen LogP contribution is -2.18. The van der Waals surface area contributed by atoms with Crippen molar-refractivity contribution in [2.45, 2.75) is 0 Å². The summed E-state index contributed by atoms with van der Waals surface area (Å²) in [6, 6.07) is 8.28. The predicted molar refractivity (Wildman–Crippen MR) is 87.0 cm³/mol. The molecule has 110 valence electrons. The van der Waals surface area contributed by atoms with Crippen LogP contribution >= 0.6 is 27.5 Å². The van der Waals surface area contributed by atoms with Gasteiger partial charge >= 0.3 is 5.97 Å². The van der Waals surface area contributed by atoms with Crippen LogP contribution in [0.15, 0.2) is 52.1 Å². The quantitative estimate of drug-likeness (QED) is 0.692. The van der Waals surface area contributed by atoms with Crippen LogP contribution in [0.2, 0.25) is 5.02 Å². The fourth-order valence-corrected chi connectivity index (χ4v) is 2.59. The molecule has 7 heteroatoms. The summed E-state index contributed by atoms with van der Waals surface area (Å²) in [5, 5.41) is 9.85. The van der Waals surface area contributed by atoms with Gasteiger partial charge in [0.15, 0.2) is 0 Å². The summed E-state index contributed by atoms with van der Waals surface area (Å²) in [7, 11) is 0. The van der Waals surface area contributed by atoms with Crippen LogP contribution in [0.1, 0.15) is 10.4 Å². The summed E-state index contributed by atoms with van der Waals surface area (Å²) < 4.78 is 2.26. The minimum atomic E-state index is -1.29. The molecule has 1 aromatic carbocycles. The van der Waals surface area contributed by atoms with Crippen LogP contribution in [-0.2, 0) is 0 Å². The maximum absolute atomic E-state index is 12.3. The van der Waals surface area contributed by atoms with Crippen molar-refractivity contribution in [2.24, 2.45) is 0 Å². The molecule has 3 aromatic rings. The Morgan fingerprint density at radius 3 is 2.68 bits per heavy atom. The average Bonchev–Trinajstić information content (AvgIpc) is 2.49. The molecule has 0 aliphatic heterocycles. The van der Waals surface area contributed by atoms with Gasteiger partial charge in [0.1, 0.15) is 10.2 Å². The Labute approximate surface area is 137 Å². The SMILES string of the molecule is O=C(O)c1cn(-c2ccc(Br)nc2)c2ccc(Cl)cc2c1=O. The Hall–Kier alpha value is -2.18. The van der Waals surface area contributed by atoms with Crippen LogP contribution in [0.5, 0.6) is 0 Å². The third-order valence-electron chi connectivity index (χ3n) is 3.19. The molecule has 1 N–H and O–H groups in total. The fraction of sp³-hybridized carbons (Fsp3) is 0. The molecular weight excluding hydrogens is 372 g/mol. The number of nitrogens with zero attached hydrogens (tertiary/aromatic N) is 2. The molecule has 0 fully saturated rings. The standard InChI is InChI=1S/C15H8BrClN2O3/c16-13-4-2-9(6-18-13)19-7-11(15(21)22)14(20)10-5-8(17)1-3-12(10)19/h1-7H,(H,21,22). The first kappa shape index (κ1) is 14.7. The highest BCUT2D eigenvalue weighted by molar-refractivity contribution is 9.10. The third-order valence-corrected chi connectivity index (χ3v) is 3.89. The number of halogens is 2. The number of aromatic carboxylic acids is 1. The Morgan fingerprint density at radius 2 is 2.05 bits per heavy atom. The van der Waals surface area contributed by atoms with Crippen LogP contribution in [0.4, 0.5) is 0 Å². The second-order valence-corrected chi connectivity index (χ2v) is 5.80. The summed E-state index contributed by atoms with van der Waals surface area (Å²) in [5.41, 5.74) is 0.311. The molecule has 2 aromatic heterocycles. The van der Waals surface area contributed by atoms with Crippen LogP contribution in [0.3, 0.4) is 0 Å². The van der Waals surface area contributed by atoms with Crippen molar-refractivity contribution >= 4 is 44.4 Å². The maximum Gasteiger partial charge on any atom is 0.341 e. The minimum absolute atomic E-state index is 0.246. The fourth-order valence-electron chi connectivity index (χ4n) is 2.18. The highest BCUT2D eigenvalue weighted by Crippen LogP contribution is 2.21. The minimum Gasteiger partial charge on any atom is -0.477 e. The van der Waals surface area contributed by atoms with E-state index in [2.05, 4.69) is 20.9 Å². The van der Waals surface area contributed by atoms with Gasteiger partial charge in [0.2, 0.25) is 5.43 Å². The molecule has 22 heavy (non-hydrogen) atoms. The molecular formula is C15H8BrClN2O3. The zero-order valence-corrected chi connectivity index (χ0v) is 13.3. The molecule has 0 atom stereocenters. The van der Waals surface area contributed by atoms with E-state index in [-0.39, 0.29) is 10.9 Å². The molecule has 0 bridgehead atoms. The molecule has 3 rings (SSSR count). The van der Waals surface area contributed by atoms with E-state index in [4.69, 9.17) is 11.6 Å². The Balaban J connectivity index is 2.43. The number of pyridine rings is 2. The molecule has 2 heterocycles.